The van der Waals surface area contributed by atoms with E-state index in [0.29, 0.717) is 5.56 Å². The first kappa shape index (κ1) is 25.1. The second kappa shape index (κ2) is 11.2. The van der Waals surface area contributed by atoms with Gasteiger partial charge in [0.25, 0.3) is 5.91 Å². The smallest absolute Gasteiger partial charge is 0.251 e. The summed E-state index contributed by atoms with van der Waals surface area (Å²) in [4.78, 5) is 15.5. The largest absolute Gasteiger partial charge is 0.346 e. The Morgan fingerprint density at radius 3 is 2.14 bits per heavy atom. The molecule has 1 aliphatic rings. The first-order valence-corrected chi connectivity index (χ1v) is 14.1. The van der Waals surface area contributed by atoms with Crippen LogP contribution in [0.4, 0.5) is 0 Å². The number of piperidine rings is 1. The fourth-order valence-corrected chi connectivity index (χ4v) is 5.31. The van der Waals surface area contributed by atoms with Gasteiger partial charge in [0.1, 0.15) is 0 Å². The molecular weight excluding hydrogens is 456 g/mol. The monoisotopic (exact) mass is 490 g/mol. The fourth-order valence-electron chi connectivity index (χ4n) is 4.68. The van der Waals surface area contributed by atoms with Crippen molar-refractivity contribution in [2.24, 2.45) is 5.92 Å². The highest BCUT2D eigenvalue weighted by Crippen LogP contribution is 2.23. The van der Waals surface area contributed by atoms with Crippen LogP contribution in [0.3, 0.4) is 0 Å². The summed E-state index contributed by atoms with van der Waals surface area (Å²) < 4.78 is 23.3. The Hall–Kier alpha value is -2.96. The van der Waals surface area contributed by atoms with Crippen molar-refractivity contribution in [1.29, 1.82) is 0 Å². The lowest BCUT2D eigenvalue weighted by molar-refractivity contribution is 0.0940. The van der Waals surface area contributed by atoms with E-state index < -0.39 is 9.84 Å². The number of sulfone groups is 1. The summed E-state index contributed by atoms with van der Waals surface area (Å²) in [5.41, 5.74) is 4.13. The standard InChI is InChI=1S/C29H34N2O3S/c1-22(26-12-14-28(15-13-26)35(2,33)34)30-29(32)27-10-8-25(9-11-27)21-31-18-16-24(17-19-31)20-23-6-4-3-5-7-23/h3-15,22,24H,16-21H2,1-2H3,(H,30,32). The molecule has 3 aromatic rings. The Labute approximate surface area is 209 Å². The van der Waals surface area contributed by atoms with Crippen molar-refractivity contribution in [3.05, 3.63) is 101 Å². The maximum Gasteiger partial charge on any atom is 0.251 e. The number of amides is 1. The Morgan fingerprint density at radius 2 is 1.54 bits per heavy atom. The molecule has 6 heteroatoms. The SMILES string of the molecule is CC(NC(=O)c1ccc(CN2CCC(Cc3ccccc3)CC2)cc1)c1ccc(S(C)(=O)=O)cc1. The molecule has 1 amide bonds. The maximum absolute atomic E-state index is 12.7. The van der Waals surface area contributed by atoms with Crippen molar-refractivity contribution in [2.45, 2.75) is 43.7 Å². The van der Waals surface area contributed by atoms with Crippen LogP contribution in [0.15, 0.2) is 83.8 Å². The highest BCUT2D eigenvalue weighted by molar-refractivity contribution is 7.90. The zero-order valence-electron chi connectivity index (χ0n) is 20.5. The molecule has 1 heterocycles. The van der Waals surface area contributed by atoms with Crippen molar-refractivity contribution in [3.8, 4) is 0 Å². The molecule has 1 unspecified atom stereocenters. The van der Waals surface area contributed by atoms with Crippen LogP contribution in [0.5, 0.6) is 0 Å². The van der Waals surface area contributed by atoms with Gasteiger partial charge in [-0.3, -0.25) is 9.69 Å². The molecule has 1 fully saturated rings. The second-order valence-corrected chi connectivity index (χ2v) is 11.7. The Balaban J connectivity index is 1.26. The summed E-state index contributed by atoms with van der Waals surface area (Å²) in [6.07, 6.45) is 4.79. The van der Waals surface area contributed by atoms with Gasteiger partial charge in [0.2, 0.25) is 0 Å². The molecule has 0 radical (unpaired) electrons. The molecule has 0 bridgehead atoms. The van der Waals surface area contributed by atoms with Crippen molar-refractivity contribution in [2.75, 3.05) is 19.3 Å². The highest BCUT2D eigenvalue weighted by Gasteiger charge is 2.20. The van der Waals surface area contributed by atoms with Gasteiger partial charge in [-0.2, -0.15) is 0 Å². The summed E-state index contributed by atoms with van der Waals surface area (Å²) in [7, 11) is -3.23. The van der Waals surface area contributed by atoms with E-state index in [-0.39, 0.29) is 16.8 Å². The van der Waals surface area contributed by atoms with E-state index in [1.54, 1.807) is 24.3 Å². The zero-order chi connectivity index (χ0) is 24.8. The van der Waals surface area contributed by atoms with Crippen LogP contribution in [-0.2, 0) is 22.8 Å². The van der Waals surface area contributed by atoms with Crippen LogP contribution >= 0.6 is 0 Å². The lowest BCUT2D eigenvalue weighted by Crippen LogP contribution is -2.33. The molecule has 35 heavy (non-hydrogen) atoms. The highest BCUT2D eigenvalue weighted by atomic mass is 32.2. The van der Waals surface area contributed by atoms with Crippen molar-refractivity contribution in [1.82, 2.24) is 10.2 Å². The summed E-state index contributed by atoms with van der Waals surface area (Å²) in [5.74, 6) is 0.613. The van der Waals surface area contributed by atoms with Gasteiger partial charge in [-0.15, -0.1) is 0 Å². The van der Waals surface area contributed by atoms with Crippen LogP contribution < -0.4 is 5.32 Å². The van der Waals surface area contributed by atoms with E-state index in [4.69, 9.17) is 0 Å². The van der Waals surface area contributed by atoms with E-state index in [1.807, 2.05) is 31.2 Å². The molecule has 1 saturated heterocycles. The van der Waals surface area contributed by atoms with Gasteiger partial charge >= 0.3 is 0 Å². The fraction of sp³-hybridized carbons (Fsp3) is 0.345. The molecule has 1 aliphatic heterocycles. The predicted octanol–water partition coefficient (Wildman–Crippen LogP) is 5.04. The van der Waals surface area contributed by atoms with Crippen LogP contribution in [0.2, 0.25) is 0 Å². The number of nitrogens with zero attached hydrogens (tertiary/aromatic N) is 1. The van der Waals surface area contributed by atoms with Crippen molar-refractivity contribution < 1.29 is 13.2 Å². The average molecular weight is 491 g/mol. The van der Waals surface area contributed by atoms with Crippen LogP contribution in [0, 0.1) is 5.92 Å². The van der Waals surface area contributed by atoms with Crippen molar-refractivity contribution >= 4 is 15.7 Å². The maximum atomic E-state index is 12.7. The van der Waals surface area contributed by atoms with E-state index >= 15 is 0 Å². The normalized spacial score (nSPS) is 16.1. The molecule has 4 rings (SSSR count). The van der Waals surface area contributed by atoms with Crippen LogP contribution in [0.1, 0.15) is 52.9 Å². The molecule has 0 spiro atoms. The lowest BCUT2D eigenvalue weighted by Gasteiger charge is -2.32. The first-order chi connectivity index (χ1) is 16.8. The minimum Gasteiger partial charge on any atom is -0.346 e. The molecule has 3 aromatic carbocycles. The summed E-state index contributed by atoms with van der Waals surface area (Å²) >= 11 is 0. The summed E-state index contributed by atoms with van der Waals surface area (Å²) in [5, 5.41) is 3.00. The molecule has 0 aliphatic carbocycles. The lowest BCUT2D eigenvalue weighted by atomic mass is 9.90. The Morgan fingerprint density at radius 1 is 0.914 bits per heavy atom. The molecule has 0 aromatic heterocycles. The van der Waals surface area contributed by atoms with Gasteiger partial charge in [-0.1, -0.05) is 54.6 Å². The molecular formula is C29H34N2O3S. The number of benzene rings is 3. The van der Waals surface area contributed by atoms with Crippen molar-refractivity contribution in [3.63, 3.8) is 0 Å². The quantitative estimate of drug-likeness (QED) is 0.481. The third kappa shape index (κ3) is 7.03. The zero-order valence-corrected chi connectivity index (χ0v) is 21.3. The molecule has 1 atom stereocenters. The van der Waals surface area contributed by atoms with E-state index in [9.17, 15) is 13.2 Å². The van der Waals surface area contributed by atoms with Gasteiger partial charge < -0.3 is 5.32 Å². The predicted molar refractivity (Wildman–Crippen MR) is 140 cm³/mol. The summed E-state index contributed by atoms with van der Waals surface area (Å²) in [6, 6.07) is 25.0. The van der Waals surface area contributed by atoms with E-state index in [1.165, 1.54) is 36.6 Å². The first-order valence-electron chi connectivity index (χ1n) is 12.2. The third-order valence-electron chi connectivity index (χ3n) is 6.85. The van der Waals surface area contributed by atoms with Gasteiger partial charge in [0.15, 0.2) is 9.84 Å². The topological polar surface area (TPSA) is 66.5 Å². The number of likely N-dealkylation sites (tertiary alicyclic amines) is 1. The number of carbonyl (C=O) groups is 1. The number of hydrogen-bond acceptors (Lipinski definition) is 4. The molecule has 5 nitrogen and oxygen atoms in total. The van der Waals surface area contributed by atoms with Crippen LogP contribution in [0.25, 0.3) is 0 Å². The molecule has 184 valence electrons. The second-order valence-electron chi connectivity index (χ2n) is 9.64. The number of rotatable bonds is 8. The minimum atomic E-state index is -3.23. The number of hydrogen-bond donors (Lipinski definition) is 1. The van der Waals surface area contributed by atoms with Crippen LogP contribution in [-0.4, -0.2) is 38.6 Å². The van der Waals surface area contributed by atoms with Gasteiger partial charge in [-0.05, 0) is 86.1 Å². The minimum absolute atomic E-state index is 0.141. The van der Waals surface area contributed by atoms with Gasteiger partial charge in [-0.25, -0.2) is 8.42 Å². The Bertz CT molecular complexity index is 1220. The molecule has 0 saturated carbocycles. The van der Waals surface area contributed by atoms with E-state index in [2.05, 4.69) is 40.5 Å². The third-order valence-corrected chi connectivity index (χ3v) is 7.98. The van der Waals surface area contributed by atoms with Gasteiger partial charge in [0.05, 0.1) is 10.9 Å². The average Bonchev–Trinajstić information content (AvgIpc) is 2.86. The number of nitrogens with one attached hydrogen (secondary N) is 1. The Kier molecular flexibility index (Phi) is 8.04. The molecule has 1 N–H and O–H groups in total. The summed E-state index contributed by atoms with van der Waals surface area (Å²) in [6.45, 7) is 5.01. The number of carbonyl (C=O) groups excluding carboxylic acids is 1. The van der Waals surface area contributed by atoms with E-state index in [0.717, 1.165) is 31.1 Å². The van der Waals surface area contributed by atoms with Gasteiger partial charge in [0, 0.05) is 18.4 Å².